The highest BCUT2D eigenvalue weighted by Gasteiger charge is 2.68. The SMILES string of the molecule is CC1CC(O)C(O)C(OC2C(O)C(C)OC(OC3CCC4(C)C(CC[C@@H]5C4CCC4(C)C(C6=CC(=O)OC6)CCC54O)C3)C2O)O1. The van der Waals surface area contributed by atoms with Crippen LogP contribution in [0.1, 0.15) is 91.9 Å². The van der Waals surface area contributed by atoms with E-state index < -0.39 is 54.8 Å². The molecule has 0 amide bonds. The van der Waals surface area contributed by atoms with Gasteiger partial charge in [-0.15, -0.1) is 0 Å². The van der Waals surface area contributed by atoms with Crippen molar-refractivity contribution in [2.45, 2.75) is 159 Å². The fourth-order valence-electron chi connectivity index (χ4n) is 11.2. The van der Waals surface area contributed by atoms with Gasteiger partial charge in [0.05, 0.1) is 30.0 Å². The highest BCUT2D eigenvalue weighted by molar-refractivity contribution is 5.85. The number of cyclic esters (lactones) is 1. The van der Waals surface area contributed by atoms with E-state index in [2.05, 4.69) is 13.8 Å². The first-order valence-electron chi connectivity index (χ1n) is 17.7. The van der Waals surface area contributed by atoms with Crippen molar-refractivity contribution in [3.8, 4) is 0 Å². The summed E-state index contributed by atoms with van der Waals surface area (Å²) in [6.07, 6.45) is 0.721. The van der Waals surface area contributed by atoms with Crippen molar-refractivity contribution >= 4 is 5.97 Å². The minimum Gasteiger partial charge on any atom is -0.458 e. The summed E-state index contributed by atoms with van der Waals surface area (Å²) in [6, 6.07) is 0. The van der Waals surface area contributed by atoms with E-state index in [9.17, 15) is 30.3 Å². The summed E-state index contributed by atoms with van der Waals surface area (Å²) in [5.41, 5.74) is 0.0945. The number of aliphatic hydroxyl groups excluding tert-OH is 4. The predicted octanol–water partition coefficient (Wildman–Crippen LogP) is 2.34. The molecule has 0 radical (unpaired) electrons. The van der Waals surface area contributed by atoms with Crippen molar-refractivity contribution in [1.29, 1.82) is 0 Å². The molecule has 46 heavy (non-hydrogen) atoms. The quantitative estimate of drug-likeness (QED) is 0.219. The maximum Gasteiger partial charge on any atom is 0.331 e. The van der Waals surface area contributed by atoms with Crippen LogP contribution < -0.4 is 0 Å². The van der Waals surface area contributed by atoms with Crippen LogP contribution in [0, 0.1) is 34.5 Å². The van der Waals surface area contributed by atoms with Crippen LogP contribution in [-0.2, 0) is 28.5 Å². The van der Waals surface area contributed by atoms with Gasteiger partial charge < -0.3 is 49.2 Å². The van der Waals surface area contributed by atoms with Gasteiger partial charge in [0.1, 0.15) is 31.0 Å². The average molecular weight is 651 g/mol. The molecule has 0 bridgehead atoms. The average Bonchev–Trinajstić information content (AvgIpc) is 3.55. The number of fused-ring (bicyclic) bond motifs is 5. The molecule has 0 aromatic heterocycles. The second kappa shape index (κ2) is 12.0. The highest BCUT2D eigenvalue weighted by atomic mass is 16.7. The van der Waals surface area contributed by atoms with Gasteiger partial charge >= 0.3 is 5.97 Å². The zero-order valence-electron chi connectivity index (χ0n) is 27.6. The van der Waals surface area contributed by atoms with Crippen molar-refractivity contribution in [1.82, 2.24) is 0 Å². The number of hydrogen-bond donors (Lipinski definition) is 5. The van der Waals surface area contributed by atoms with E-state index in [-0.39, 0.29) is 47.3 Å². The Morgan fingerprint density at radius 1 is 0.826 bits per heavy atom. The molecule has 2 saturated heterocycles. The van der Waals surface area contributed by atoms with Gasteiger partial charge in [0.2, 0.25) is 0 Å². The normalized spacial score (nSPS) is 55.6. The van der Waals surface area contributed by atoms with Crippen LogP contribution in [-0.4, -0.2) is 105 Å². The Balaban J connectivity index is 1.01. The zero-order chi connectivity index (χ0) is 32.8. The van der Waals surface area contributed by atoms with E-state index in [0.29, 0.717) is 18.4 Å². The van der Waals surface area contributed by atoms with Crippen molar-refractivity contribution < 1.29 is 54.0 Å². The summed E-state index contributed by atoms with van der Waals surface area (Å²) >= 11 is 0. The first-order chi connectivity index (χ1) is 21.7. The molecule has 4 aliphatic carbocycles. The van der Waals surface area contributed by atoms with Crippen LogP contribution in [0.15, 0.2) is 11.6 Å². The smallest absolute Gasteiger partial charge is 0.331 e. The first kappa shape index (κ1) is 33.4. The predicted molar refractivity (Wildman–Crippen MR) is 163 cm³/mol. The third kappa shape index (κ3) is 5.22. The highest BCUT2D eigenvalue weighted by Crippen LogP contribution is 2.70. The van der Waals surface area contributed by atoms with Crippen molar-refractivity contribution in [3.63, 3.8) is 0 Å². The van der Waals surface area contributed by atoms with Gasteiger partial charge in [-0.3, -0.25) is 0 Å². The molecule has 0 aromatic carbocycles. The lowest BCUT2D eigenvalue weighted by atomic mass is 9.43. The number of carbonyl (C=O) groups is 1. The molecular weight excluding hydrogens is 596 g/mol. The molecule has 4 saturated carbocycles. The Labute approximate surface area is 271 Å². The van der Waals surface area contributed by atoms with E-state index in [4.69, 9.17) is 23.7 Å². The molecule has 7 rings (SSSR count). The van der Waals surface area contributed by atoms with Crippen LogP contribution >= 0.6 is 0 Å². The van der Waals surface area contributed by atoms with Crippen molar-refractivity contribution in [3.05, 3.63) is 11.6 Å². The van der Waals surface area contributed by atoms with Gasteiger partial charge in [0, 0.05) is 17.9 Å². The molecule has 0 aromatic rings. The van der Waals surface area contributed by atoms with E-state index in [1.807, 2.05) is 0 Å². The standard InChI is InChI=1S/C35H54O11/c1-17-13-25(36)28(39)31(43-17)46-30-27(38)18(2)44-32(29(30)40)45-21-7-10-33(3)20(15-21)5-6-24-23(33)8-11-34(4)22(9-12-35(24,34)41)19-14-26(37)42-16-19/h14,17-18,20-25,27-32,36,38-41H,5-13,15-16H2,1-4H3/t17?,18?,20?,21?,22?,23?,24-,25?,27?,28?,29?,30?,31?,32?,33?,34?,35?/m1/s1. The summed E-state index contributed by atoms with van der Waals surface area (Å²) in [4.78, 5) is 11.9. The Hall–Kier alpha value is -1.15. The van der Waals surface area contributed by atoms with Crippen LogP contribution in [0.25, 0.3) is 0 Å². The number of ether oxygens (including phenoxy) is 5. The van der Waals surface area contributed by atoms with Gasteiger partial charge in [0.15, 0.2) is 12.6 Å². The molecular formula is C35H54O11. The Bertz CT molecular complexity index is 1200. The topological polar surface area (TPSA) is 164 Å². The Kier molecular flexibility index (Phi) is 8.71. The Morgan fingerprint density at radius 3 is 2.33 bits per heavy atom. The summed E-state index contributed by atoms with van der Waals surface area (Å²) < 4.78 is 29.3. The lowest BCUT2D eigenvalue weighted by molar-refractivity contribution is -0.352. The lowest BCUT2D eigenvalue weighted by Gasteiger charge is -2.64. The molecule has 7 aliphatic rings. The fraction of sp³-hybridized carbons (Fsp3) is 0.914. The summed E-state index contributed by atoms with van der Waals surface area (Å²) in [5.74, 6) is 0.947. The molecule has 3 heterocycles. The van der Waals surface area contributed by atoms with Crippen LogP contribution in [0.3, 0.4) is 0 Å². The number of aliphatic hydroxyl groups is 5. The van der Waals surface area contributed by atoms with Crippen LogP contribution in [0.5, 0.6) is 0 Å². The van der Waals surface area contributed by atoms with Crippen molar-refractivity contribution in [2.24, 2.45) is 34.5 Å². The third-order valence-corrected chi connectivity index (χ3v) is 13.9. The number of rotatable bonds is 5. The molecule has 6 fully saturated rings. The molecule has 16 unspecified atom stereocenters. The fourth-order valence-corrected chi connectivity index (χ4v) is 11.2. The summed E-state index contributed by atoms with van der Waals surface area (Å²) in [6.45, 7) is 8.48. The van der Waals surface area contributed by atoms with E-state index in [0.717, 1.165) is 63.4 Å². The maximum atomic E-state index is 12.5. The van der Waals surface area contributed by atoms with E-state index in [1.165, 1.54) is 0 Å². The van der Waals surface area contributed by atoms with Crippen LogP contribution in [0.2, 0.25) is 0 Å². The molecule has 3 aliphatic heterocycles. The van der Waals surface area contributed by atoms with Gasteiger partial charge in [-0.25, -0.2) is 4.79 Å². The van der Waals surface area contributed by atoms with E-state index >= 15 is 0 Å². The molecule has 260 valence electrons. The molecule has 11 heteroatoms. The van der Waals surface area contributed by atoms with Gasteiger partial charge in [-0.05, 0) is 106 Å². The van der Waals surface area contributed by atoms with Crippen molar-refractivity contribution in [2.75, 3.05) is 6.61 Å². The lowest BCUT2D eigenvalue weighted by Crippen LogP contribution is -2.63. The molecule has 17 atom stereocenters. The number of carbonyl (C=O) groups excluding carboxylic acids is 1. The maximum absolute atomic E-state index is 12.5. The second-order valence-corrected chi connectivity index (χ2v) is 16.2. The minimum atomic E-state index is -1.32. The van der Waals surface area contributed by atoms with Gasteiger partial charge in [-0.2, -0.15) is 0 Å². The molecule has 5 N–H and O–H groups in total. The monoisotopic (exact) mass is 650 g/mol. The second-order valence-electron chi connectivity index (χ2n) is 16.2. The molecule has 0 spiro atoms. The first-order valence-corrected chi connectivity index (χ1v) is 17.7. The zero-order valence-corrected chi connectivity index (χ0v) is 27.6. The largest absolute Gasteiger partial charge is 0.458 e. The minimum absolute atomic E-state index is 0.0663. The van der Waals surface area contributed by atoms with E-state index in [1.54, 1.807) is 19.9 Å². The summed E-state index contributed by atoms with van der Waals surface area (Å²) in [7, 11) is 0. The van der Waals surface area contributed by atoms with Crippen LogP contribution in [0.4, 0.5) is 0 Å². The third-order valence-electron chi connectivity index (χ3n) is 13.9. The number of esters is 1. The Morgan fingerprint density at radius 2 is 1.59 bits per heavy atom. The van der Waals surface area contributed by atoms with Gasteiger partial charge in [0.25, 0.3) is 0 Å². The van der Waals surface area contributed by atoms with Gasteiger partial charge in [-0.1, -0.05) is 13.8 Å². The molecule has 11 nitrogen and oxygen atoms in total. The number of hydrogen-bond acceptors (Lipinski definition) is 11. The summed E-state index contributed by atoms with van der Waals surface area (Å²) in [5, 5.41) is 55.3.